The van der Waals surface area contributed by atoms with Gasteiger partial charge in [-0.15, -0.1) is 10.2 Å². The number of aromatic nitrogens is 2. The Labute approximate surface area is 130 Å². The molecule has 1 aliphatic rings. The molecule has 0 atom stereocenters. The van der Waals surface area contributed by atoms with E-state index in [0.29, 0.717) is 11.4 Å². The van der Waals surface area contributed by atoms with E-state index in [1.807, 2.05) is 38.1 Å². The van der Waals surface area contributed by atoms with E-state index in [4.69, 9.17) is 0 Å². The van der Waals surface area contributed by atoms with Crippen LogP contribution in [0.25, 0.3) is 0 Å². The van der Waals surface area contributed by atoms with Crippen molar-refractivity contribution in [3.8, 4) is 0 Å². The van der Waals surface area contributed by atoms with Crippen LogP contribution < -0.4 is 10.2 Å². The summed E-state index contributed by atoms with van der Waals surface area (Å²) >= 11 is 0. The minimum Gasteiger partial charge on any atom is -0.355 e. The number of hydrogen-bond acceptors (Lipinski definition) is 4. The zero-order chi connectivity index (χ0) is 15.5. The first-order chi connectivity index (χ1) is 10.6. The molecule has 0 spiro atoms. The summed E-state index contributed by atoms with van der Waals surface area (Å²) in [6.07, 6.45) is 2.40. The van der Waals surface area contributed by atoms with E-state index >= 15 is 0 Å². The molecule has 114 valence electrons. The van der Waals surface area contributed by atoms with Crippen molar-refractivity contribution in [3.63, 3.8) is 0 Å². The Morgan fingerprint density at radius 1 is 1.05 bits per heavy atom. The van der Waals surface area contributed by atoms with E-state index in [0.717, 1.165) is 24.5 Å². The van der Waals surface area contributed by atoms with Crippen LogP contribution >= 0.6 is 0 Å². The van der Waals surface area contributed by atoms with Gasteiger partial charge in [-0.05, 0) is 62.1 Å². The second-order valence-corrected chi connectivity index (χ2v) is 5.72. The molecule has 2 aromatic rings. The van der Waals surface area contributed by atoms with Crippen molar-refractivity contribution in [1.29, 1.82) is 0 Å². The molecular formula is C17H20N4O. The van der Waals surface area contributed by atoms with E-state index in [9.17, 15) is 4.79 Å². The van der Waals surface area contributed by atoms with Gasteiger partial charge in [-0.2, -0.15) is 0 Å². The Balaban J connectivity index is 1.69. The van der Waals surface area contributed by atoms with Crippen molar-refractivity contribution >= 4 is 17.5 Å². The fourth-order valence-corrected chi connectivity index (χ4v) is 2.58. The van der Waals surface area contributed by atoms with Gasteiger partial charge in [0.25, 0.3) is 5.91 Å². The highest BCUT2D eigenvalue weighted by Crippen LogP contribution is 2.18. The molecule has 1 N–H and O–H groups in total. The van der Waals surface area contributed by atoms with Crippen molar-refractivity contribution in [2.45, 2.75) is 26.7 Å². The summed E-state index contributed by atoms with van der Waals surface area (Å²) in [5, 5.41) is 11.1. The molecule has 3 rings (SSSR count). The number of amides is 1. The van der Waals surface area contributed by atoms with Crippen molar-refractivity contribution in [1.82, 2.24) is 10.2 Å². The first-order valence-electron chi connectivity index (χ1n) is 7.61. The molecule has 0 aliphatic carbocycles. The number of aryl methyl sites for hydroxylation is 2. The van der Waals surface area contributed by atoms with Crippen molar-refractivity contribution in [2.75, 3.05) is 23.3 Å². The summed E-state index contributed by atoms with van der Waals surface area (Å²) in [5.41, 5.74) is 2.91. The quantitative estimate of drug-likeness (QED) is 0.946. The lowest BCUT2D eigenvalue weighted by molar-refractivity contribution is 0.102. The lowest BCUT2D eigenvalue weighted by Crippen LogP contribution is -2.20. The topological polar surface area (TPSA) is 58.1 Å². The molecule has 0 unspecified atom stereocenters. The highest BCUT2D eigenvalue weighted by atomic mass is 16.1. The average Bonchev–Trinajstić information content (AvgIpc) is 3.05. The Bertz CT molecular complexity index is 676. The van der Waals surface area contributed by atoms with Gasteiger partial charge in [0.2, 0.25) is 0 Å². The molecule has 1 aliphatic heterocycles. The predicted molar refractivity (Wildman–Crippen MR) is 87.3 cm³/mol. The molecule has 2 heterocycles. The van der Waals surface area contributed by atoms with Crippen molar-refractivity contribution in [3.05, 3.63) is 47.0 Å². The van der Waals surface area contributed by atoms with Crippen LogP contribution in [0.5, 0.6) is 0 Å². The van der Waals surface area contributed by atoms with Crippen LogP contribution in [0.15, 0.2) is 30.3 Å². The molecule has 22 heavy (non-hydrogen) atoms. The minimum absolute atomic E-state index is 0.161. The monoisotopic (exact) mass is 296 g/mol. The molecule has 5 heteroatoms. The van der Waals surface area contributed by atoms with Crippen LogP contribution in [0, 0.1) is 13.8 Å². The average molecular weight is 296 g/mol. The van der Waals surface area contributed by atoms with Crippen LogP contribution in [0.3, 0.4) is 0 Å². The second-order valence-electron chi connectivity index (χ2n) is 5.72. The Hall–Kier alpha value is -2.43. The molecule has 1 saturated heterocycles. The third-order valence-electron chi connectivity index (χ3n) is 4.09. The van der Waals surface area contributed by atoms with Gasteiger partial charge in [0.15, 0.2) is 11.6 Å². The lowest BCUT2D eigenvalue weighted by atomic mass is 10.1. The first-order valence-corrected chi connectivity index (χ1v) is 7.61. The molecule has 0 bridgehead atoms. The normalized spacial score (nSPS) is 14.2. The first kappa shape index (κ1) is 14.5. The predicted octanol–water partition coefficient (Wildman–Crippen LogP) is 2.95. The van der Waals surface area contributed by atoms with Gasteiger partial charge in [0.05, 0.1) is 0 Å². The molecule has 1 aromatic heterocycles. The van der Waals surface area contributed by atoms with Gasteiger partial charge >= 0.3 is 0 Å². The van der Waals surface area contributed by atoms with Crippen LogP contribution in [-0.4, -0.2) is 29.2 Å². The standard InChI is InChI=1S/C17H20N4O/c1-12-5-6-14(11-13(12)2)17(22)18-15-7-8-16(20-19-15)21-9-3-4-10-21/h5-8,11H,3-4,9-10H2,1-2H3,(H,18,19,22). The van der Waals surface area contributed by atoms with E-state index in [1.165, 1.54) is 18.4 Å². The van der Waals surface area contributed by atoms with Crippen molar-refractivity contribution in [2.24, 2.45) is 0 Å². The van der Waals surface area contributed by atoms with Crippen LogP contribution in [0.4, 0.5) is 11.6 Å². The van der Waals surface area contributed by atoms with Crippen LogP contribution in [0.2, 0.25) is 0 Å². The molecular weight excluding hydrogens is 276 g/mol. The molecule has 1 amide bonds. The smallest absolute Gasteiger partial charge is 0.256 e. The number of rotatable bonds is 3. The van der Waals surface area contributed by atoms with E-state index in [2.05, 4.69) is 20.4 Å². The molecule has 0 radical (unpaired) electrons. The Morgan fingerprint density at radius 2 is 1.82 bits per heavy atom. The third kappa shape index (κ3) is 3.08. The number of anilines is 2. The van der Waals surface area contributed by atoms with E-state index < -0.39 is 0 Å². The molecule has 1 fully saturated rings. The summed E-state index contributed by atoms with van der Waals surface area (Å²) in [5.74, 6) is 1.19. The Kier molecular flexibility index (Phi) is 4.04. The maximum Gasteiger partial charge on any atom is 0.256 e. The van der Waals surface area contributed by atoms with Gasteiger partial charge in [0.1, 0.15) is 0 Å². The van der Waals surface area contributed by atoms with E-state index in [1.54, 1.807) is 6.07 Å². The number of benzene rings is 1. The highest BCUT2D eigenvalue weighted by Gasteiger charge is 2.14. The van der Waals surface area contributed by atoms with Gasteiger partial charge in [-0.1, -0.05) is 6.07 Å². The van der Waals surface area contributed by atoms with Crippen LogP contribution in [0.1, 0.15) is 34.3 Å². The van der Waals surface area contributed by atoms with Crippen LogP contribution in [-0.2, 0) is 0 Å². The zero-order valence-corrected chi connectivity index (χ0v) is 13.0. The third-order valence-corrected chi connectivity index (χ3v) is 4.09. The summed E-state index contributed by atoms with van der Waals surface area (Å²) in [4.78, 5) is 14.4. The number of hydrogen-bond donors (Lipinski definition) is 1. The minimum atomic E-state index is -0.161. The number of nitrogens with one attached hydrogen (secondary N) is 1. The van der Waals surface area contributed by atoms with Gasteiger partial charge in [0, 0.05) is 18.7 Å². The molecule has 1 aromatic carbocycles. The Morgan fingerprint density at radius 3 is 2.45 bits per heavy atom. The number of carbonyl (C=O) groups is 1. The summed E-state index contributed by atoms with van der Waals surface area (Å²) < 4.78 is 0. The molecule has 5 nitrogen and oxygen atoms in total. The second kappa shape index (κ2) is 6.13. The largest absolute Gasteiger partial charge is 0.355 e. The van der Waals surface area contributed by atoms with E-state index in [-0.39, 0.29) is 5.91 Å². The fraction of sp³-hybridized carbons (Fsp3) is 0.353. The molecule has 0 saturated carbocycles. The maximum absolute atomic E-state index is 12.2. The fourth-order valence-electron chi connectivity index (χ4n) is 2.58. The summed E-state index contributed by atoms with van der Waals surface area (Å²) in [7, 11) is 0. The number of nitrogens with zero attached hydrogens (tertiary/aromatic N) is 3. The SMILES string of the molecule is Cc1ccc(C(=O)Nc2ccc(N3CCCC3)nn2)cc1C. The van der Waals surface area contributed by atoms with Gasteiger partial charge in [-0.3, -0.25) is 4.79 Å². The zero-order valence-electron chi connectivity index (χ0n) is 13.0. The summed E-state index contributed by atoms with van der Waals surface area (Å²) in [6, 6.07) is 9.38. The highest BCUT2D eigenvalue weighted by molar-refractivity contribution is 6.03. The van der Waals surface area contributed by atoms with Crippen molar-refractivity contribution < 1.29 is 4.79 Å². The summed E-state index contributed by atoms with van der Waals surface area (Å²) in [6.45, 7) is 6.09. The lowest BCUT2D eigenvalue weighted by Gasteiger charge is -2.15. The van der Waals surface area contributed by atoms with Gasteiger partial charge < -0.3 is 10.2 Å². The number of carbonyl (C=O) groups excluding carboxylic acids is 1. The maximum atomic E-state index is 12.2. The van der Waals surface area contributed by atoms with Gasteiger partial charge in [-0.25, -0.2) is 0 Å².